The number of anilines is 3. The fourth-order valence-electron chi connectivity index (χ4n) is 5.03. The summed E-state index contributed by atoms with van der Waals surface area (Å²) in [7, 11) is 1.57. The Labute approximate surface area is 207 Å². The molecule has 2 aliphatic carbocycles. The van der Waals surface area contributed by atoms with Gasteiger partial charge in [-0.25, -0.2) is 0 Å². The van der Waals surface area contributed by atoms with Crippen LogP contribution in [0.15, 0.2) is 42.5 Å². The lowest BCUT2D eigenvalue weighted by molar-refractivity contribution is -0.121. The van der Waals surface area contributed by atoms with Crippen molar-refractivity contribution in [1.82, 2.24) is 0 Å². The van der Waals surface area contributed by atoms with Gasteiger partial charge in [0.15, 0.2) is 0 Å². The molecule has 0 heterocycles. The molecule has 7 heteroatoms. The van der Waals surface area contributed by atoms with E-state index in [1.807, 2.05) is 0 Å². The van der Waals surface area contributed by atoms with Crippen LogP contribution in [0.2, 0.25) is 0 Å². The molecule has 4 rings (SSSR count). The Morgan fingerprint density at radius 2 is 1.23 bits per heavy atom. The van der Waals surface area contributed by atoms with Gasteiger partial charge in [-0.15, -0.1) is 0 Å². The summed E-state index contributed by atoms with van der Waals surface area (Å²) in [5.41, 5.74) is 1.97. The van der Waals surface area contributed by atoms with Crippen LogP contribution in [0.3, 0.4) is 0 Å². The number of amides is 3. The molecule has 0 aliphatic heterocycles. The van der Waals surface area contributed by atoms with Crippen molar-refractivity contribution >= 4 is 34.8 Å². The number of carbonyl (C=O) groups excluding carboxylic acids is 3. The summed E-state index contributed by atoms with van der Waals surface area (Å²) in [6, 6.07) is 12.2. The lowest BCUT2D eigenvalue weighted by atomic mass is 9.88. The summed E-state index contributed by atoms with van der Waals surface area (Å²) in [5.74, 6) is 0.215. The summed E-state index contributed by atoms with van der Waals surface area (Å²) in [6.07, 6.45) is 10.1. The van der Waals surface area contributed by atoms with Gasteiger partial charge in [-0.2, -0.15) is 0 Å². The van der Waals surface area contributed by atoms with Crippen LogP contribution in [0.5, 0.6) is 5.75 Å². The Hall–Kier alpha value is -3.35. The molecule has 0 unspecified atom stereocenters. The molecule has 2 aliphatic rings. The lowest BCUT2D eigenvalue weighted by Gasteiger charge is -2.22. The van der Waals surface area contributed by atoms with E-state index in [0.717, 1.165) is 51.4 Å². The monoisotopic (exact) mass is 477 g/mol. The van der Waals surface area contributed by atoms with E-state index < -0.39 is 0 Å². The molecule has 0 aromatic heterocycles. The summed E-state index contributed by atoms with van der Waals surface area (Å²) < 4.78 is 5.24. The largest absolute Gasteiger partial charge is 0.497 e. The Morgan fingerprint density at radius 1 is 0.686 bits per heavy atom. The van der Waals surface area contributed by atoms with Crippen LogP contribution >= 0.6 is 0 Å². The molecule has 3 N–H and O–H groups in total. The summed E-state index contributed by atoms with van der Waals surface area (Å²) in [4.78, 5) is 38.9. The van der Waals surface area contributed by atoms with Crippen molar-refractivity contribution in [3.63, 3.8) is 0 Å². The molecule has 3 amide bonds. The number of hydrogen-bond donors (Lipinski definition) is 3. The second kappa shape index (κ2) is 11.9. The minimum atomic E-state index is -0.333. The van der Waals surface area contributed by atoms with E-state index in [4.69, 9.17) is 4.74 Å². The Morgan fingerprint density at radius 3 is 1.74 bits per heavy atom. The van der Waals surface area contributed by atoms with E-state index in [1.165, 1.54) is 12.8 Å². The van der Waals surface area contributed by atoms with Gasteiger partial charge < -0.3 is 20.7 Å². The second-order valence-corrected chi connectivity index (χ2v) is 9.63. The van der Waals surface area contributed by atoms with Crippen LogP contribution in [0.1, 0.15) is 74.6 Å². The molecule has 35 heavy (non-hydrogen) atoms. The van der Waals surface area contributed by atoms with Crippen LogP contribution in [0.4, 0.5) is 17.1 Å². The van der Waals surface area contributed by atoms with E-state index in [2.05, 4.69) is 16.0 Å². The maximum atomic E-state index is 13.1. The van der Waals surface area contributed by atoms with Crippen molar-refractivity contribution in [2.45, 2.75) is 64.2 Å². The third-order valence-electron chi connectivity index (χ3n) is 7.01. The SMILES string of the molecule is COc1cccc(NC(=O)c2cc(NC(=O)C3CCCCC3)cc(NC(=O)C3CCCCC3)c2)c1. The van der Waals surface area contributed by atoms with Gasteiger partial charge in [0.1, 0.15) is 5.75 Å². The Balaban J connectivity index is 1.55. The van der Waals surface area contributed by atoms with Crippen LogP contribution in [0, 0.1) is 11.8 Å². The van der Waals surface area contributed by atoms with Crippen LogP contribution in [-0.4, -0.2) is 24.8 Å². The first-order valence-electron chi connectivity index (χ1n) is 12.7. The zero-order chi connectivity index (χ0) is 24.6. The lowest BCUT2D eigenvalue weighted by Crippen LogP contribution is -2.26. The summed E-state index contributed by atoms with van der Waals surface area (Å²) >= 11 is 0. The maximum absolute atomic E-state index is 13.1. The fourth-order valence-corrected chi connectivity index (χ4v) is 5.03. The molecule has 186 valence electrons. The highest BCUT2D eigenvalue weighted by Crippen LogP contribution is 2.29. The third kappa shape index (κ3) is 6.84. The van der Waals surface area contributed by atoms with Gasteiger partial charge in [0.25, 0.3) is 5.91 Å². The molecule has 0 radical (unpaired) electrons. The van der Waals surface area contributed by atoms with Crippen molar-refractivity contribution in [3.05, 3.63) is 48.0 Å². The van der Waals surface area contributed by atoms with Crippen molar-refractivity contribution in [2.24, 2.45) is 11.8 Å². The molecule has 0 spiro atoms. The molecule has 0 saturated heterocycles. The normalized spacial score (nSPS) is 16.8. The average Bonchev–Trinajstić information content (AvgIpc) is 2.89. The highest BCUT2D eigenvalue weighted by atomic mass is 16.5. The van der Waals surface area contributed by atoms with E-state index >= 15 is 0 Å². The van der Waals surface area contributed by atoms with Crippen molar-refractivity contribution < 1.29 is 19.1 Å². The van der Waals surface area contributed by atoms with Crippen LogP contribution < -0.4 is 20.7 Å². The highest BCUT2D eigenvalue weighted by molar-refractivity contribution is 6.07. The number of rotatable bonds is 7. The summed E-state index contributed by atoms with van der Waals surface area (Å²) in [6.45, 7) is 0. The quantitative estimate of drug-likeness (QED) is 0.457. The molecule has 2 aromatic rings. The van der Waals surface area contributed by atoms with Gasteiger partial charge >= 0.3 is 0 Å². The average molecular weight is 478 g/mol. The van der Waals surface area contributed by atoms with Gasteiger partial charge in [-0.05, 0) is 56.0 Å². The van der Waals surface area contributed by atoms with E-state index in [-0.39, 0.29) is 29.6 Å². The van der Waals surface area contributed by atoms with Crippen molar-refractivity contribution in [3.8, 4) is 5.75 Å². The van der Waals surface area contributed by atoms with Crippen LogP contribution in [0.25, 0.3) is 0 Å². The molecule has 2 fully saturated rings. The van der Waals surface area contributed by atoms with Gasteiger partial charge in [0.2, 0.25) is 11.8 Å². The topological polar surface area (TPSA) is 96.5 Å². The smallest absolute Gasteiger partial charge is 0.255 e. The highest BCUT2D eigenvalue weighted by Gasteiger charge is 2.23. The van der Waals surface area contributed by atoms with E-state index in [1.54, 1.807) is 49.6 Å². The van der Waals surface area contributed by atoms with Gasteiger partial charge in [0, 0.05) is 40.5 Å². The Bertz CT molecular complexity index is 1010. The van der Waals surface area contributed by atoms with E-state index in [9.17, 15) is 14.4 Å². The van der Waals surface area contributed by atoms with Gasteiger partial charge in [-0.1, -0.05) is 44.6 Å². The predicted molar refractivity (Wildman–Crippen MR) is 138 cm³/mol. The first kappa shape index (κ1) is 24.8. The first-order chi connectivity index (χ1) is 17.0. The molecule has 0 atom stereocenters. The van der Waals surface area contributed by atoms with Crippen molar-refractivity contribution in [2.75, 3.05) is 23.1 Å². The fraction of sp³-hybridized carbons (Fsp3) is 0.464. The van der Waals surface area contributed by atoms with Crippen molar-refractivity contribution in [1.29, 1.82) is 0 Å². The van der Waals surface area contributed by atoms with Gasteiger partial charge in [0.05, 0.1) is 7.11 Å². The molecular formula is C28H35N3O4. The molecular weight excluding hydrogens is 442 g/mol. The number of nitrogens with one attached hydrogen (secondary N) is 3. The predicted octanol–water partition coefficient (Wildman–Crippen LogP) is 5.99. The number of carbonyl (C=O) groups is 3. The van der Waals surface area contributed by atoms with Gasteiger partial charge in [-0.3, -0.25) is 14.4 Å². The van der Waals surface area contributed by atoms with Crippen LogP contribution in [-0.2, 0) is 9.59 Å². The minimum Gasteiger partial charge on any atom is -0.497 e. The minimum absolute atomic E-state index is 0.0155. The maximum Gasteiger partial charge on any atom is 0.255 e. The standard InChI is InChI=1S/C28H35N3O4/c1-35-25-14-8-13-22(18-25)29-28(34)21-15-23(30-26(32)19-9-4-2-5-10-19)17-24(16-21)31-27(33)20-11-6-3-7-12-20/h8,13-20H,2-7,9-12H2,1H3,(H,29,34)(H,30,32)(H,31,33). The van der Waals surface area contributed by atoms with E-state index in [0.29, 0.717) is 28.4 Å². The number of benzene rings is 2. The molecule has 2 aromatic carbocycles. The second-order valence-electron chi connectivity index (χ2n) is 9.63. The number of ether oxygens (including phenoxy) is 1. The molecule has 0 bridgehead atoms. The Kier molecular flexibility index (Phi) is 8.40. The third-order valence-corrected chi connectivity index (χ3v) is 7.01. The summed E-state index contributed by atoms with van der Waals surface area (Å²) in [5, 5.41) is 8.86. The number of hydrogen-bond acceptors (Lipinski definition) is 4. The molecule has 2 saturated carbocycles. The zero-order valence-electron chi connectivity index (χ0n) is 20.4. The number of methoxy groups -OCH3 is 1. The first-order valence-corrected chi connectivity index (χ1v) is 12.7. The zero-order valence-corrected chi connectivity index (χ0v) is 20.4. The molecule has 7 nitrogen and oxygen atoms in total.